The van der Waals surface area contributed by atoms with Gasteiger partial charge in [-0.1, -0.05) is 282 Å². The van der Waals surface area contributed by atoms with E-state index in [1.807, 2.05) is 21.1 Å². The van der Waals surface area contributed by atoms with Crippen LogP contribution < -0.4 is 0 Å². The topological polar surface area (TPSA) is 108 Å². The minimum Gasteiger partial charge on any atom is -0.477 e. The SMILES string of the molecule is CC/C=C\C/C=C\C/C=C\C/C=C\C/C=C\C/C=C\C/C=C\C/C=C\C/C=C\CCCCCCCCCC(=O)OC(COC(=O)CCCCCCCCCCCCCC/C=C\C/C=C\C/C=C\CCCCCCC)COC(OCC[N+](C)(C)C)C(=O)O. The van der Waals surface area contributed by atoms with Gasteiger partial charge in [0.25, 0.3) is 6.29 Å². The lowest BCUT2D eigenvalue weighted by Gasteiger charge is -2.25. The first-order chi connectivity index (χ1) is 42.6. The highest BCUT2D eigenvalue weighted by atomic mass is 16.7. The van der Waals surface area contributed by atoms with E-state index in [-0.39, 0.29) is 38.6 Å². The van der Waals surface area contributed by atoms with Crippen LogP contribution in [-0.2, 0) is 33.3 Å². The van der Waals surface area contributed by atoms with Gasteiger partial charge in [-0.2, -0.15) is 0 Å². The molecule has 0 aliphatic heterocycles. The molecule has 0 aromatic heterocycles. The van der Waals surface area contributed by atoms with E-state index >= 15 is 0 Å². The largest absolute Gasteiger partial charge is 0.477 e. The van der Waals surface area contributed by atoms with Crippen molar-refractivity contribution in [1.82, 2.24) is 0 Å². The Hall–Kier alpha value is -4.83. The van der Waals surface area contributed by atoms with Crippen molar-refractivity contribution < 1.29 is 42.9 Å². The van der Waals surface area contributed by atoms with E-state index in [0.29, 0.717) is 17.4 Å². The number of esters is 2. The predicted molar refractivity (Wildman–Crippen MR) is 373 cm³/mol. The normalized spacial score (nSPS) is 13.6. The maximum atomic E-state index is 12.9. The highest BCUT2D eigenvalue weighted by Crippen LogP contribution is 2.16. The first-order valence-corrected chi connectivity index (χ1v) is 35.0. The zero-order chi connectivity index (χ0) is 63.3. The van der Waals surface area contributed by atoms with Crippen LogP contribution in [0.4, 0.5) is 0 Å². The lowest BCUT2D eigenvalue weighted by Crippen LogP contribution is -2.40. The third kappa shape index (κ3) is 68.5. The fraction of sp³-hybridized carbons (Fsp3) is 0.654. The molecule has 0 fully saturated rings. The molecule has 9 heteroatoms. The van der Waals surface area contributed by atoms with Gasteiger partial charge in [0, 0.05) is 12.8 Å². The van der Waals surface area contributed by atoms with E-state index in [4.69, 9.17) is 18.9 Å². The molecule has 9 nitrogen and oxygen atoms in total. The Morgan fingerprint density at radius 3 is 0.977 bits per heavy atom. The summed E-state index contributed by atoms with van der Waals surface area (Å²) in [5.41, 5.74) is 0. The first-order valence-electron chi connectivity index (χ1n) is 35.0. The molecule has 0 aromatic rings. The fourth-order valence-electron chi connectivity index (χ4n) is 9.25. The van der Waals surface area contributed by atoms with Gasteiger partial charge in [-0.3, -0.25) is 9.59 Å². The van der Waals surface area contributed by atoms with Gasteiger partial charge in [0.2, 0.25) is 0 Å². The number of unbranched alkanes of at least 4 members (excludes halogenated alkanes) is 24. The number of aliphatic carboxylic acids is 1. The number of hydrogen-bond acceptors (Lipinski definition) is 7. The van der Waals surface area contributed by atoms with E-state index < -0.39 is 24.3 Å². The number of nitrogens with zero attached hydrogens (tertiary/aromatic N) is 1. The number of allylic oxidation sites excluding steroid dienone is 24. The molecule has 0 saturated carbocycles. The van der Waals surface area contributed by atoms with Gasteiger partial charge < -0.3 is 28.5 Å². The standard InChI is InChI=1S/C78H129NO8/c1-6-8-10-12-14-16-18-20-22-24-26-28-30-32-34-35-36-37-38-39-40-41-43-45-47-49-51-53-55-57-59-61-63-65-67-69-76(81)87-74(73-86-78(77(82)83)84-71-70-79(3,4)5)72-85-75(80)68-66-64-62-60-58-56-54-52-50-48-46-44-42-33-31-29-27-25-23-21-19-17-15-13-11-9-7-2/h8,10,14,16,19-22,25-28,31-34,36-37,39-40,43,45,49,51,74,78H,6-7,9,11-13,15,17-18,23-24,29-30,35,38,41-42,44,46-48,50,52-73H2,1-5H3/p+1/b10-8-,16-14-,21-19-,22-20-,27-25-,28-26-,33-31-,34-32-,37-36-,40-39-,45-43-,51-49-. The Kier molecular flexibility index (Phi) is 63.4. The zero-order valence-electron chi connectivity index (χ0n) is 56.4. The number of hydrogen-bond donors (Lipinski definition) is 1. The van der Waals surface area contributed by atoms with Crippen molar-refractivity contribution in [3.8, 4) is 0 Å². The van der Waals surface area contributed by atoms with Crippen LogP contribution in [0, 0.1) is 0 Å². The second-order valence-electron chi connectivity index (χ2n) is 24.1. The maximum absolute atomic E-state index is 12.9. The number of ether oxygens (including phenoxy) is 4. The highest BCUT2D eigenvalue weighted by Gasteiger charge is 2.25. The molecule has 0 spiro atoms. The van der Waals surface area contributed by atoms with Crippen molar-refractivity contribution in [2.75, 3.05) is 47.5 Å². The Morgan fingerprint density at radius 2 is 0.655 bits per heavy atom. The lowest BCUT2D eigenvalue weighted by atomic mass is 10.0. The molecule has 0 aromatic carbocycles. The van der Waals surface area contributed by atoms with Gasteiger partial charge in [-0.15, -0.1) is 0 Å². The maximum Gasteiger partial charge on any atom is 0.361 e. The minimum absolute atomic E-state index is 0.178. The van der Waals surface area contributed by atoms with Crippen LogP contribution in [0.1, 0.15) is 271 Å². The lowest BCUT2D eigenvalue weighted by molar-refractivity contribution is -0.870. The van der Waals surface area contributed by atoms with Crippen LogP contribution in [0.2, 0.25) is 0 Å². The third-order valence-electron chi connectivity index (χ3n) is 14.6. The molecule has 0 heterocycles. The van der Waals surface area contributed by atoms with Crippen LogP contribution in [0.25, 0.3) is 0 Å². The Morgan fingerprint density at radius 1 is 0.356 bits per heavy atom. The molecular formula is C78H130NO8+. The molecule has 0 rings (SSSR count). The summed E-state index contributed by atoms with van der Waals surface area (Å²) in [6.45, 7) is 4.74. The molecule has 2 atom stereocenters. The molecule has 0 saturated heterocycles. The summed E-state index contributed by atoms with van der Waals surface area (Å²) in [5.74, 6) is -2.03. The van der Waals surface area contributed by atoms with Crippen molar-refractivity contribution in [3.63, 3.8) is 0 Å². The van der Waals surface area contributed by atoms with Crippen molar-refractivity contribution >= 4 is 17.9 Å². The van der Waals surface area contributed by atoms with Crippen molar-refractivity contribution in [2.24, 2.45) is 0 Å². The fourth-order valence-corrected chi connectivity index (χ4v) is 9.25. The molecule has 2 unspecified atom stereocenters. The Balaban J connectivity index is 4.22. The van der Waals surface area contributed by atoms with E-state index in [1.165, 1.54) is 122 Å². The number of quaternary nitrogens is 1. The molecule has 0 bridgehead atoms. The number of carbonyl (C=O) groups is 3. The summed E-state index contributed by atoms with van der Waals surface area (Å²) in [6.07, 6.45) is 95.2. The van der Waals surface area contributed by atoms with E-state index in [1.54, 1.807) is 0 Å². The van der Waals surface area contributed by atoms with Gasteiger partial charge in [0.05, 0.1) is 34.4 Å². The average molecular weight is 1210 g/mol. The second-order valence-corrected chi connectivity index (χ2v) is 24.1. The van der Waals surface area contributed by atoms with Crippen LogP contribution >= 0.6 is 0 Å². The molecule has 1 N–H and O–H groups in total. The number of carbonyl (C=O) groups excluding carboxylic acids is 2. The summed E-state index contributed by atoms with van der Waals surface area (Å²) < 4.78 is 23.0. The zero-order valence-corrected chi connectivity index (χ0v) is 56.4. The quantitative estimate of drug-likeness (QED) is 0.0211. The molecule has 494 valence electrons. The van der Waals surface area contributed by atoms with Crippen LogP contribution in [0.5, 0.6) is 0 Å². The van der Waals surface area contributed by atoms with Crippen LogP contribution in [0.15, 0.2) is 146 Å². The highest BCUT2D eigenvalue weighted by molar-refractivity contribution is 5.71. The van der Waals surface area contributed by atoms with Gasteiger partial charge in [-0.25, -0.2) is 4.79 Å². The monoisotopic (exact) mass is 1210 g/mol. The van der Waals surface area contributed by atoms with Crippen molar-refractivity contribution in [2.45, 2.75) is 283 Å². The van der Waals surface area contributed by atoms with Crippen molar-refractivity contribution in [3.05, 3.63) is 146 Å². The van der Waals surface area contributed by atoms with Crippen LogP contribution in [0.3, 0.4) is 0 Å². The molecule has 0 amide bonds. The summed E-state index contributed by atoms with van der Waals surface area (Å²) in [7, 11) is 5.96. The van der Waals surface area contributed by atoms with Crippen LogP contribution in [-0.4, -0.2) is 87.4 Å². The Labute approximate surface area is 534 Å². The molecular weight excluding hydrogens is 1080 g/mol. The van der Waals surface area contributed by atoms with Gasteiger partial charge >= 0.3 is 17.9 Å². The predicted octanol–water partition coefficient (Wildman–Crippen LogP) is 21.9. The first kappa shape index (κ1) is 82.2. The van der Waals surface area contributed by atoms with Gasteiger partial charge in [0.1, 0.15) is 13.2 Å². The van der Waals surface area contributed by atoms with Gasteiger partial charge in [0.15, 0.2) is 6.10 Å². The number of likely N-dealkylation sites (N-methyl/N-ethyl adjacent to an activating group) is 1. The second kappa shape index (κ2) is 67.1. The molecule has 0 aliphatic rings. The van der Waals surface area contributed by atoms with Crippen molar-refractivity contribution in [1.29, 1.82) is 0 Å². The molecule has 0 radical (unpaired) electrons. The minimum atomic E-state index is -1.52. The number of carboxylic acid groups (broad SMARTS) is 1. The Bertz CT molecular complexity index is 1940. The summed E-state index contributed by atoms with van der Waals surface area (Å²) in [6, 6.07) is 0. The number of carboxylic acids is 1. The summed E-state index contributed by atoms with van der Waals surface area (Å²) >= 11 is 0. The third-order valence-corrected chi connectivity index (χ3v) is 14.6. The van der Waals surface area contributed by atoms with Gasteiger partial charge in [-0.05, 0) is 122 Å². The summed E-state index contributed by atoms with van der Waals surface area (Å²) in [4.78, 5) is 37.6. The summed E-state index contributed by atoms with van der Waals surface area (Å²) in [5, 5.41) is 9.75. The number of rotatable bonds is 63. The molecule has 87 heavy (non-hydrogen) atoms. The van der Waals surface area contributed by atoms with E-state index in [9.17, 15) is 19.5 Å². The average Bonchev–Trinajstić information content (AvgIpc) is 3.56. The molecule has 0 aliphatic carbocycles. The van der Waals surface area contributed by atoms with E-state index in [0.717, 1.165) is 116 Å². The smallest absolute Gasteiger partial charge is 0.361 e. The van der Waals surface area contributed by atoms with E-state index in [2.05, 4.69) is 160 Å².